The molecule has 0 aliphatic rings. The number of nitrogens with one attached hydrogen (secondary N) is 1. The van der Waals surface area contributed by atoms with Crippen LogP contribution in [0, 0.1) is 0 Å². The van der Waals surface area contributed by atoms with Crippen molar-refractivity contribution in [3.05, 3.63) is 40.9 Å². The van der Waals surface area contributed by atoms with Crippen molar-refractivity contribution in [1.82, 2.24) is 19.7 Å². The Morgan fingerprint density at radius 3 is 2.93 bits per heavy atom. The largest absolute Gasteiger partial charge is 0.465 e. The lowest BCUT2D eigenvalue weighted by atomic mass is 10.2. The summed E-state index contributed by atoms with van der Waals surface area (Å²) in [4.78, 5) is 40.1. The maximum absolute atomic E-state index is 12.4. The first-order chi connectivity index (χ1) is 13.6. The summed E-state index contributed by atoms with van der Waals surface area (Å²) in [6.07, 6.45) is 1.53. The average molecular weight is 419 g/mol. The number of aromatic nitrogens is 4. The van der Waals surface area contributed by atoms with Gasteiger partial charge in [0.15, 0.2) is 4.34 Å². The molecule has 9 nitrogen and oxygen atoms in total. The fourth-order valence-corrected chi connectivity index (χ4v) is 3.88. The molecule has 0 saturated carbocycles. The Labute approximate surface area is 168 Å². The normalized spacial score (nSPS) is 10.8. The summed E-state index contributed by atoms with van der Waals surface area (Å²) in [7, 11) is 0. The van der Waals surface area contributed by atoms with E-state index < -0.39 is 0 Å². The average Bonchev–Trinajstić information content (AvgIpc) is 3.13. The van der Waals surface area contributed by atoms with E-state index in [1.54, 1.807) is 25.1 Å². The predicted molar refractivity (Wildman–Crippen MR) is 107 cm³/mol. The number of ether oxygens (including phenoxy) is 1. The van der Waals surface area contributed by atoms with Gasteiger partial charge in [0.05, 0.1) is 29.6 Å². The van der Waals surface area contributed by atoms with E-state index in [-0.39, 0.29) is 36.2 Å². The molecule has 1 N–H and O–H groups in total. The van der Waals surface area contributed by atoms with Gasteiger partial charge in [0.25, 0.3) is 5.56 Å². The van der Waals surface area contributed by atoms with Crippen molar-refractivity contribution < 1.29 is 14.3 Å². The zero-order valence-electron chi connectivity index (χ0n) is 15.0. The van der Waals surface area contributed by atoms with Crippen LogP contribution < -0.4 is 10.9 Å². The number of carbonyl (C=O) groups is 2. The number of amides is 1. The van der Waals surface area contributed by atoms with Gasteiger partial charge in [-0.2, -0.15) is 0 Å². The number of anilines is 1. The molecule has 0 spiro atoms. The summed E-state index contributed by atoms with van der Waals surface area (Å²) in [6.45, 7) is 2.27. The standard InChI is InChI=1S/C17H17N5O4S2/c1-2-26-14(24)9-27-17-21-20-16(28-17)19-13(23)7-8-22-10-18-12-6-4-3-5-11(12)15(22)25/h3-6,10H,2,7-9H2,1H3,(H,19,20,23). The summed E-state index contributed by atoms with van der Waals surface area (Å²) in [6, 6.07) is 7.06. The molecule has 3 aromatic rings. The maximum atomic E-state index is 12.4. The van der Waals surface area contributed by atoms with Gasteiger partial charge in [0, 0.05) is 13.0 Å². The Balaban J connectivity index is 1.53. The third-order valence-corrected chi connectivity index (χ3v) is 5.53. The van der Waals surface area contributed by atoms with E-state index in [1.165, 1.54) is 34.0 Å². The van der Waals surface area contributed by atoms with Crippen molar-refractivity contribution >= 4 is 51.0 Å². The Morgan fingerprint density at radius 2 is 2.11 bits per heavy atom. The summed E-state index contributed by atoms with van der Waals surface area (Å²) < 4.78 is 6.80. The van der Waals surface area contributed by atoms with E-state index in [1.807, 2.05) is 6.07 Å². The number of rotatable bonds is 8. The summed E-state index contributed by atoms with van der Waals surface area (Å²) in [5.74, 6) is -0.491. The molecule has 0 radical (unpaired) electrons. The van der Waals surface area contributed by atoms with Crippen LogP contribution in [0.4, 0.5) is 5.13 Å². The number of fused-ring (bicyclic) bond motifs is 1. The molecule has 0 bridgehead atoms. The molecular weight excluding hydrogens is 402 g/mol. The lowest BCUT2D eigenvalue weighted by Crippen LogP contribution is -2.23. The number of hydrogen-bond acceptors (Lipinski definition) is 9. The third-order valence-electron chi connectivity index (χ3n) is 3.58. The SMILES string of the molecule is CCOC(=O)CSc1nnc(NC(=O)CCn2cnc3ccccc3c2=O)s1. The first-order valence-corrected chi connectivity index (χ1v) is 10.2. The maximum Gasteiger partial charge on any atom is 0.316 e. The second-order valence-electron chi connectivity index (χ2n) is 5.53. The highest BCUT2D eigenvalue weighted by Gasteiger charge is 2.12. The molecule has 0 aliphatic carbocycles. The molecule has 1 amide bonds. The van der Waals surface area contributed by atoms with Gasteiger partial charge in [0.2, 0.25) is 11.0 Å². The van der Waals surface area contributed by atoms with Crippen LogP contribution in [0.1, 0.15) is 13.3 Å². The van der Waals surface area contributed by atoms with Crippen LogP contribution in [0.2, 0.25) is 0 Å². The van der Waals surface area contributed by atoms with Gasteiger partial charge >= 0.3 is 5.97 Å². The van der Waals surface area contributed by atoms with Gasteiger partial charge in [0.1, 0.15) is 0 Å². The second kappa shape index (κ2) is 9.42. The van der Waals surface area contributed by atoms with Gasteiger partial charge in [-0.1, -0.05) is 35.2 Å². The minimum atomic E-state index is -0.331. The topological polar surface area (TPSA) is 116 Å². The number of hydrogen-bond donors (Lipinski definition) is 1. The minimum Gasteiger partial charge on any atom is -0.465 e. The van der Waals surface area contributed by atoms with E-state index in [9.17, 15) is 14.4 Å². The van der Waals surface area contributed by atoms with E-state index >= 15 is 0 Å². The molecule has 2 heterocycles. The number of thioether (sulfide) groups is 1. The van der Waals surface area contributed by atoms with Crippen LogP contribution in [0.25, 0.3) is 10.9 Å². The zero-order chi connectivity index (χ0) is 19.9. The first kappa shape index (κ1) is 20.0. The van der Waals surface area contributed by atoms with Gasteiger partial charge in [-0.05, 0) is 19.1 Å². The van der Waals surface area contributed by atoms with Crippen molar-refractivity contribution in [3.8, 4) is 0 Å². The van der Waals surface area contributed by atoms with Crippen molar-refractivity contribution in [2.24, 2.45) is 0 Å². The molecule has 2 aromatic heterocycles. The minimum absolute atomic E-state index is 0.0881. The monoisotopic (exact) mass is 419 g/mol. The molecule has 3 rings (SSSR count). The van der Waals surface area contributed by atoms with Gasteiger partial charge in [-0.3, -0.25) is 19.0 Å². The van der Waals surface area contributed by atoms with Crippen LogP contribution in [0.3, 0.4) is 0 Å². The van der Waals surface area contributed by atoms with E-state index in [0.29, 0.717) is 27.0 Å². The quantitative estimate of drug-likeness (QED) is 0.334. The van der Waals surface area contributed by atoms with Crippen LogP contribution in [0.5, 0.6) is 0 Å². The summed E-state index contributed by atoms with van der Waals surface area (Å²) in [5.41, 5.74) is 0.432. The molecule has 11 heteroatoms. The molecule has 0 aliphatic heterocycles. The smallest absolute Gasteiger partial charge is 0.316 e. The number of para-hydroxylation sites is 1. The van der Waals surface area contributed by atoms with Gasteiger partial charge in [-0.25, -0.2) is 4.98 Å². The van der Waals surface area contributed by atoms with Gasteiger partial charge < -0.3 is 10.1 Å². The van der Waals surface area contributed by atoms with E-state index in [2.05, 4.69) is 20.5 Å². The molecular formula is C17H17N5O4S2. The number of aryl methyl sites for hydroxylation is 1. The third kappa shape index (κ3) is 5.14. The molecule has 28 heavy (non-hydrogen) atoms. The fraction of sp³-hybridized carbons (Fsp3) is 0.294. The highest BCUT2D eigenvalue weighted by molar-refractivity contribution is 8.01. The van der Waals surface area contributed by atoms with Crippen molar-refractivity contribution in [1.29, 1.82) is 0 Å². The molecule has 1 aromatic carbocycles. The molecule has 0 unspecified atom stereocenters. The Hall–Kier alpha value is -2.79. The highest BCUT2D eigenvalue weighted by atomic mass is 32.2. The van der Waals surface area contributed by atoms with Crippen LogP contribution in [-0.4, -0.2) is 44.0 Å². The molecule has 146 valence electrons. The molecule has 0 saturated heterocycles. The number of nitrogens with zero attached hydrogens (tertiary/aromatic N) is 4. The lowest BCUT2D eigenvalue weighted by Gasteiger charge is -2.06. The van der Waals surface area contributed by atoms with Crippen molar-refractivity contribution in [2.45, 2.75) is 24.2 Å². The number of benzene rings is 1. The lowest BCUT2D eigenvalue weighted by molar-refractivity contribution is -0.139. The Bertz CT molecular complexity index is 1050. The van der Waals surface area contributed by atoms with E-state index in [4.69, 9.17) is 4.74 Å². The predicted octanol–water partition coefficient (Wildman–Crippen LogP) is 1.93. The highest BCUT2D eigenvalue weighted by Crippen LogP contribution is 2.25. The van der Waals surface area contributed by atoms with Crippen molar-refractivity contribution in [3.63, 3.8) is 0 Å². The van der Waals surface area contributed by atoms with Crippen LogP contribution in [-0.2, 0) is 20.9 Å². The summed E-state index contributed by atoms with van der Waals surface area (Å²) in [5, 5.41) is 11.3. The number of carbonyl (C=O) groups excluding carboxylic acids is 2. The molecule has 0 fully saturated rings. The Kier molecular flexibility index (Phi) is 6.71. The van der Waals surface area contributed by atoms with Crippen molar-refractivity contribution in [2.75, 3.05) is 17.7 Å². The fourth-order valence-electron chi connectivity index (χ4n) is 2.31. The van der Waals surface area contributed by atoms with E-state index in [0.717, 1.165) is 0 Å². The second-order valence-corrected chi connectivity index (χ2v) is 7.73. The Morgan fingerprint density at radius 1 is 1.29 bits per heavy atom. The number of esters is 1. The van der Waals surface area contributed by atoms with Crippen LogP contribution in [0.15, 0.2) is 39.7 Å². The van der Waals surface area contributed by atoms with Gasteiger partial charge in [-0.15, -0.1) is 10.2 Å². The zero-order valence-corrected chi connectivity index (χ0v) is 16.6. The first-order valence-electron chi connectivity index (χ1n) is 8.42. The van der Waals surface area contributed by atoms with Crippen LogP contribution >= 0.6 is 23.1 Å². The molecule has 0 atom stereocenters. The summed E-state index contributed by atoms with van der Waals surface area (Å²) >= 11 is 2.36.